The van der Waals surface area contributed by atoms with Crippen LogP contribution in [-0.4, -0.2) is 61.8 Å². The number of epoxide rings is 3. The smallest absolute Gasteiger partial charge is 0.309 e. The molecule has 3 saturated heterocycles. The van der Waals surface area contributed by atoms with E-state index in [0.29, 0.717) is 50.5 Å². The Morgan fingerprint density at radius 1 is 0.512 bits per heavy atom. The van der Waals surface area contributed by atoms with Gasteiger partial charge < -0.3 is 23.7 Å². The van der Waals surface area contributed by atoms with Gasteiger partial charge in [-0.2, -0.15) is 0 Å². The molecule has 1 aliphatic carbocycles. The summed E-state index contributed by atoms with van der Waals surface area (Å²) in [6, 6.07) is 0. The first-order valence-electron chi connectivity index (χ1n) is 17.4. The zero-order chi connectivity index (χ0) is 28.9. The van der Waals surface area contributed by atoms with Crippen LogP contribution in [0.2, 0.25) is 0 Å². The zero-order valence-electron chi connectivity index (χ0n) is 26.0. The molecule has 0 radical (unpaired) electrons. The van der Waals surface area contributed by atoms with Crippen LogP contribution >= 0.6 is 0 Å². The van der Waals surface area contributed by atoms with E-state index < -0.39 is 11.8 Å². The Kier molecular flexibility index (Phi) is 14.2. The van der Waals surface area contributed by atoms with Crippen LogP contribution in [0.15, 0.2) is 0 Å². The molecule has 0 amide bonds. The van der Waals surface area contributed by atoms with Crippen molar-refractivity contribution >= 4 is 11.9 Å². The van der Waals surface area contributed by atoms with Gasteiger partial charge in [0, 0.05) is 0 Å². The lowest BCUT2D eigenvalue weighted by molar-refractivity contribution is -0.162. The van der Waals surface area contributed by atoms with E-state index in [9.17, 15) is 9.59 Å². The minimum atomic E-state index is -0.438. The number of hydrogen-bond acceptors (Lipinski definition) is 7. The molecule has 3 aliphatic heterocycles. The van der Waals surface area contributed by atoms with Crippen LogP contribution in [-0.2, 0) is 33.3 Å². The average molecular weight is 579 g/mol. The molecule has 0 aromatic carbocycles. The van der Waals surface area contributed by atoms with Gasteiger partial charge in [0.15, 0.2) is 0 Å². The lowest BCUT2D eigenvalue weighted by atomic mass is 9.79. The Bertz CT molecular complexity index is 710. The minimum Gasteiger partial charge on any atom is -0.465 e. The van der Waals surface area contributed by atoms with Crippen molar-refractivity contribution < 1.29 is 33.3 Å². The van der Waals surface area contributed by atoms with Crippen molar-refractivity contribution in [1.29, 1.82) is 0 Å². The van der Waals surface area contributed by atoms with Crippen LogP contribution in [0.3, 0.4) is 0 Å². The van der Waals surface area contributed by atoms with Gasteiger partial charge in [-0.15, -0.1) is 0 Å². The molecule has 1 saturated carbocycles. The second-order valence-electron chi connectivity index (χ2n) is 13.1. The number of ether oxygens (including phenoxy) is 5. The summed E-state index contributed by atoms with van der Waals surface area (Å²) >= 11 is 0. The summed E-state index contributed by atoms with van der Waals surface area (Å²) in [6.45, 7) is 5.33. The number of carbonyl (C=O) groups excluding carboxylic acids is 2. The summed E-state index contributed by atoms with van der Waals surface area (Å²) < 4.78 is 28.5. The van der Waals surface area contributed by atoms with Crippen LogP contribution in [0.25, 0.3) is 0 Å². The van der Waals surface area contributed by atoms with Crippen molar-refractivity contribution in [3.63, 3.8) is 0 Å². The number of fused-ring (bicyclic) bond motifs is 1. The highest BCUT2D eigenvalue weighted by Crippen LogP contribution is 2.44. The Morgan fingerprint density at radius 2 is 0.878 bits per heavy atom. The first kappa shape index (κ1) is 32.7. The van der Waals surface area contributed by atoms with Gasteiger partial charge in [0.2, 0.25) is 0 Å². The fraction of sp³-hybridized carbons (Fsp3) is 0.941. The van der Waals surface area contributed by atoms with Gasteiger partial charge in [0.05, 0.1) is 61.7 Å². The fourth-order valence-electron chi connectivity index (χ4n) is 6.67. The van der Waals surface area contributed by atoms with Gasteiger partial charge in [-0.25, -0.2) is 0 Å². The predicted octanol–water partition coefficient (Wildman–Crippen LogP) is 7.46. The van der Waals surface area contributed by atoms with Crippen LogP contribution in [0.1, 0.15) is 142 Å². The van der Waals surface area contributed by atoms with Gasteiger partial charge in [-0.3, -0.25) is 9.59 Å². The molecule has 3 heterocycles. The van der Waals surface area contributed by atoms with E-state index in [1.807, 2.05) is 0 Å². The van der Waals surface area contributed by atoms with Gasteiger partial charge in [0.1, 0.15) is 0 Å². The Hall–Kier alpha value is -1.18. The molecular weight excluding hydrogens is 520 g/mol. The van der Waals surface area contributed by atoms with Crippen LogP contribution in [0.4, 0.5) is 0 Å². The third kappa shape index (κ3) is 11.8. The highest BCUT2D eigenvalue weighted by Gasteiger charge is 2.53. The van der Waals surface area contributed by atoms with E-state index in [2.05, 4.69) is 13.8 Å². The molecule has 8 unspecified atom stereocenters. The van der Waals surface area contributed by atoms with Gasteiger partial charge in [0.25, 0.3) is 0 Å². The van der Waals surface area contributed by atoms with Crippen molar-refractivity contribution in [2.24, 2.45) is 11.8 Å². The van der Waals surface area contributed by atoms with Gasteiger partial charge in [-0.1, -0.05) is 90.9 Å². The number of unbranched alkanes of at least 4 members (excludes halogenated alkanes) is 10. The standard InChI is InChI=1S/C34H58O7/c1-3-5-11-17-27-29(39-27)19-13-7-9-15-21-37-33(35)25-23-31-32(41-31)24-26(25)34(36)38-22-16-10-8-14-20-30-28(40-30)18-12-6-4-2/h25-32H,3-24H2,1-2H3. The SMILES string of the molecule is CCCCCC1OC1CCCCCCOC(=O)C1CC2OC2CC1C(=O)OCCCCCCC1OC1CCCCC. The summed E-state index contributed by atoms with van der Waals surface area (Å²) in [5.74, 6) is -1.38. The molecule has 236 valence electrons. The number of esters is 2. The quantitative estimate of drug-likeness (QED) is 0.0667. The third-order valence-electron chi connectivity index (χ3n) is 9.57. The van der Waals surface area contributed by atoms with E-state index in [1.165, 1.54) is 64.2 Å². The van der Waals surface area contributed by atoms with Gasteiger partial charge in [-0.05, 0) is 51.4 Å². The first-order valence-corrected chi connectivity index (χ1v) is 17.4. The second-order valence-corrected chi connectivity index (χ2v) is 13.1. The van der Waals surface area contributed by atoms with Gasteiger partial charge >= 0.3 is 11.9 Å². The molecule has 7 heteroatoms. The molecule has 0 spiro atoms. The van der Waals surface area contributed by atoms with Crippen molar-refractivity contribution in [2.45, 2.75) is 179 Å². The van der Waals surface area contributed by atoms with Crippen molar-refractivity contribution in [2.75, 3.05) is 13.2 Å². The van der Waals surface area contributed by atoms with E-state index in [0.717, 1.165) is 51.4 Å². The molecule has 7 nitrogen and oxygen atoms in total. The number of carbonyl (C=O) groups is 2. The summed E-state index contributed by atoms with van der Waals surface area (Å²) in [4.78, 5) is 25.8. The van der Waals surface area contributed by atoms with Crippen LogP contribution in [0, 0.1) is 11.8 Å². The maximum absolute atomic E-state index is 12.9. The largest absolute Gasteiger partial charge is 0.465 e. The molecular formula is C34H58O7. The molecule has 0 N–H and O–H groups in total. The van der Waals surface area contributed by atoms with E-state index in [-0.39, 0.29) is 24.1 Å². The van der Waals surface area contributed by atoms with Crippen molar-refractivity contribution in [3.05, 3.63) is 0 Å². The zero-order valence-corrected chi connectivity index (χ0v) is 26.0. The average Bonchev–Trinajstić information content (AvgIpc) is 3.88. The minimum absolute atomic E-state index is 0.105. The Balaban J connectivity index is 0.998. The van der Waals surface area contributed by atoms with Crippen LogP contribution in [0.5, 0.6) is 0 Å². The first-order chi connectivity index (χ1) is 20.1. The fourth-order valence-corrected chi connectivity index (χ4v) is 6.67. The summed E-state index contributed by atoms with van der Waals surface area (Å²) in [7, 11) is 0. The molecule has 0 aromatic heterocycles. The third-order valence-corrected chi connectivity index (χ3v) is 9.57. The van der Waals surface area contributed by atoms with E-state index >= 15 is 0 Å². The monoisotopic (exact) mass is 578 g/mol. The normalized spacial score (nSPS) is 31.4. The highest BCUT2D eigenvalue weighted by molar-refractivity contribution is 5.82. The lowest BCUT2D eigenvalue weighted by Gasteiger charge is -2.26. The molecule has 4 fully saturated rings. The Labute approximate surface area is 249 Å². The summed E-state index contributed by atoms with van der Waals surface area (Å²) in [5.41, 5.74) is 0. The summed E-state index contributed by atoms with van der Waals surface area (Å²) in [6.07, 6.45) is 24.3. The molecule has 41 heavy (non-hydrogen) atoms. The summed E-state index contributed by atoms with van der Waals surface area (Å²) in [5, 5.41) is 0. The molecule has 4 aliphatic rings. The second kappa shape index (κ2) is 17.8. The molecule has 4 rings (SSSR count). The lowest BCUT2D eigenvalue weighted by Crippen LogP contribution is -2.37. The van der Waals surface area contributed by atoms with E-state index in [4.69, 9.17) is 23.7 Å². The van der Waals surface area contributed by atoms with Crippen molar-refractivity contribution in [3.8, 4) is 0 Å². The number of hydrogen-bond donors (Lipinski definition) is 0. The number of rotatable bonds is 24. The maximum atomic E-state index is 12.9. The van der Waals surface area contributed by atoms with Crippen molar-refractivity contribution in [1.82, 2.24) is 0 Å². The maximum Gasteiger partial charge on any atom is 0.309 e. The topological polar surface area (TPSA) is 90.2 Å². The Morgan fingerprint density at radius 3 is 1.27 bits per heavy atom. The predicted molar refractivity (Wildman–Crippen MR) is 159 cm³/mol. The molecule has 8 atom stereocenters. The molecule has 0 aromatic rings. The van der Waals surface area contributed by atoms with Crippen LogP contribution < -0.4 is 0 Å². The highest BCUT2D eigenvalue weighted by atomic mass is 16.6. The molecule has 0 bridgehead atoms. The van der Waals surface area contributed by atoms with E-state index in [1.54, 1.807) is 0 Å².